The highest BCUT2D eigenvalue weighted by atomic mass is 19.1. The molecular weight excluding hydrogens is 307 g/mol. The number of carbonyl (C=O) groups excluding carboxylic acids is 1. The van der Waals surface area contributed by atoms with E-state index in [0.29, 0.717) is 22.9 Å². The van der Waals surface area contributed by atoms with Crippen LogP contribution >= 0.6 is 0 Å². The Balaban J connectivity index is 1.60. The molecule has 0 bridgehead atoms. The Bertz CT molecular complexity index is 822. The van der Waals surface area contributed by atoms with Crippen LogP contribution in [0.3, 0.4) is 0 Å². The summed E-state index contributed by atoms with van der Waals surface area (Å²) in [5.41, 5.74) is 1.67. The van der Waals surface area contributed by atoms with Gasteiger partial charge >= 0.3 is 6.03 Å². The van der Waals surface area contributed by atoms with Crippen LogP contribution in [0.5, 0.6) is 0 Å². The molecule has 0 spiro atoms. The number of urea groups is 1. The van der Waals surface area contributed by atoms with Gasteiger partial charge in [0.05, 0.1) is 17.6 Å². The number of nitrogens with one attached hydrogen (secondary N) is 3. The number of pyridine rings is 1. The Morgan fingerprint density at radius 1 is 0.833 bits per heavy atom. The van der Waals surface area contributed by atoms with Gasteiger partial charge in [-0.1, -0.05) is 30.3 Å². The number of nitrogens with zero attached hydrogens (tertiary/aromatic N) is 1. The van der Waals surface area contributed by atoms with Crippen molar-refractivity contribution in [2.75, 3.05) is 16.0 Å². The molecule has 0 radical (unpaired) electrons. The van der Waals surface area contributed by atoms with Crippen molar-refractivity contribution < 1.29 is 9.18 Å². The van der Waals surface area contributed by atoms with Gasteiger partial charge in [0.25, 0.3) is 0 Å². The number of amides is 2. The predicted molar refractivity (Wildman–Crippen MR) is 93.0 cm³/mol. The summed E-state index contributed by atoms with van der Waals surface area (Å²) >= 11 is 0. The monoisotopic (exact) mass is 322 g/mol. The molecule has 120 valence electrons. The van der Waals surface area contributed by atoms with Gasteiger partial charge in [-0.25, -0.2) is 14.2 Å². The molecule has 3 N–H and O–H groups in total. The molecule has 3 aromatic rings. The van der Waals surface area contributed by atoms with Gasteiger partial charge in [0.2, 0.25) is 0 Å². The lowest BCUT2D eigenvalue weighted by molar-refractivity contribution is 0.262. The number of anilines is 4. The fraction of sp³-hybridized carbons (Fsp3) is 0. The van der Waals surface area contributed by atoms with Gasteiger partial charge in [0.15, 0.2) is 0 Å². The second-order valence-corrected chi connectivity index (χ2v) is 4.98. The molecule has 0 saturated heterocycles. The molecule has 24 heavy (non-hydrogen) atoms. The Hall–Kier alpha value is -3.41. The molecule has 3 rings (SSSR count). The van der Waals surface area contributed by atoms with Crippen molar-refractivity contribution in [1.29, 1.82) is 0 Å². The fourth-order valence-corrected chi connectivity index (χ4v) is 2.06. The predicted octanol–water partition coefficient (Wildman–Crippen LogP) is 4.61. The highest BCUT2D eigenvalue weighted by Crippen LogP contribution is 2.19. The number of para-hydroxylation sites is 2. The summed E-state index contributed by atoms with van der Waals surface area (Å²) in [4.78, 5) is 16.0. The van der Waals surface area contributed by atoms with Crippen LogP contribution < -0.4 is 16.0 Å². The lowest BCUT2D eigenvalue weighted by Gasteiger charge is -2.09. The van der Waals surface area contributed by atoms with Gasteiger partial charge < -0.3 is 10.6 Å². The van der Waals surface area contributed by atoms with E-state index in [1.807, 2.05) is 18.2 Å². The minimum Gasteiger partial charge on any atom is -0.352 e. The quantitative estimate of drug-likeness (QED) is 0.657. The van der Waals surface area contributed by atoms with Crippen LogP contribution in [0.25, 0.3) is 0 Å². The average molecular weight is 322 g/mol. The first kappa shape index (κ1) is 15.5. The van der Waals surface area contributed by atoms with E-state index in [4.69, 9.17) is 0 Å². The van der Waals surface area contributed by atoms with Crippen molar-refractivity contribution >= 4 is 28.9 Å². The van der Waals surface area contributed by atoms with E-state index in [9.17, 15) is 9.18 Å². The smallest absolute Gasteiger partial charge is 0.324 e. The molecule has 2 amide bonds. The zero-order valence-corrected chi connectivity index (χ0v) is 12.7. The molecule has 5 nitrogen and oxygen atoms in total. The van der Waals surface area contributed by atoms with E-state index in [1.54, 1.807) is 42.5 Å². The first-order chi connectivity index (χ1) is 11.7. The fourth-order valence-electron chi connectivity index (χ4n) is 2.06. The third-order valence-corrected chi connectivity index (χ3v) is 3.19. The Morgan fingerprint density at radius 2 is 1.58 bits per heavy atom. The van der Waals surface area contributed by atoms with E-state index in [0.717, 1.165) is 0 Å². The molecule has 1 heterocycles. The Labute approximate surface area is 138 Å². The van der Waals surface area contributed by atoms with Crippen molar-refractivity contribution in [3.63, 3.8) is 0 Å². The summed E-state index contributed by atoms with van der Waals surface area (Å²) in [7, 11) is 0. The van der Waals surface area contributed by atoms with E-state index < -0.39 is 0 Å². The van der Waals surface area contributed by atoms with Crippen LogP contribution in [0.4, 0.5) is 32.1 Å². The van der Waals surface area contributed by atoms with Gasteiger partial charge in [0.1, 0.15) is 11.6 Å². The van der Waals surface area contributed by atoms with Crippen LogP contribution in [0, 0.1) is 5.82 Å². The van der Waals surface area contributed by atoms with E-state index >= 15 is 0 Å². The summed E-state index contributed by atoms with van der Waals surface area (Å²) in [5.74, 6) is 0.0458. The molecule has 1 aromatic heterocycles. The number of benzene rings is 2. The molecule has 0 unspecified atom stereocenters. The molecule has 6 heteroatoms. The minimum absolute atomic E-state index is 0.345. The highest BCUT2D eigenvalue weighted by Gasteiger charge is 2.05. The number of aromatic nitrogens is 1. The van der Waals surface area contributed by atoms with Gasteiger partial charge in [-0.15, -0.1) is 0 Å². The zero-order valence-electron chi connectivity index (χ0n) is 12.7. The number of rotatable bonds is 4. The summed E-state index contributed by atoms with van der Waals surface area (Å²) in [6.45, 7) is 0. The lowest BCUT2D eigenvalue weighted by atomic mass is 10.3. The maximum absolute atomic E-state index is 13.6. The summed E-state index contributed by atoms with van der Waals surface area (Å²) in [6, 6.07) is 18.4. The number of hydrogen-bond donors (Lipinski definition) is 3. The average Bonchev–Trinajstić information content (AvgIpc) is 2.59. The van der Waals surface area contributed by atoms with Crippen molar-refractivity contribution in [2.24, 2.45) is 0 Å². The molecule has 0 fully saturated rings. The standard InChI is InChI=1S/C18H15FN4O/c19-15-8-4-5-9-16(15)21-14-10-11-17(20-12-14)23-18(24)22-13-6-2-1-3-7-13/h1-12,21H,(H2,20,22,23,24). The SMILES string of the molecule is O=C(Nc1ccccc1)Nc1ccc(Nc2ccccc2F)cn1. The summed E-state index contributed by atoms with van der Waals surface area (Å²) in [5, 5.41) is 8.25. The maximum Gasteiger partial charge on any atom is 0.324 e. The molecule has 0 aliphatic rings. The maximum atomic E-state index is 13.6. The van der Waals surface area contributed by atoms with Crippen LogP contribution in [-0.2, 0) is 0 Å². The third kappa shape index (κ3) is 4.07. The van der Waals surface area contributed by atoms with Gasteiger partial charge in [0, 0.05) is 5.69 Å². The molecule has 0 aliphatic carbocycles. The first-order valence-electron chi connectivity index (χ1n) is 7.31. The van der Waals surface area contributed by atoms with E-state index in [2.05, 4.69) is 20.9 Å². The molecule has 0 aliphatic heterocycles. The Kier molecular flexibility index (Phi) is 4.67. The van der Waals surface area contributed by atoms with Crippen LogP contribution in [-0.4, -0.2) is 11.0 Å². The molecule has 0 saturated carbocycles. The lowest BCUT2D eigenvalue weighted by Crippen LogP contribution is -2.19. The van der Waals surface area contributed by atoms with Gasteiger partial charge in [-0.2, -0.15) is 0 Å². The van der Waals surface area contributed by atoms with Crippen molar-refractivity contribution in [1.82, 2.24) is 4.98 Å². The van der Waals surface area contributed by atoms with E-state index in [1.165, 1.54) is 12.3 Å². The van der Waals surface area contributed by atoms with Crippen molar-refractivity contribution in [2.45, 2.75) is 0 Å². The highest BCUT2D eigenvalue weighted by molar-refractivity contribution is 5.99. The number of carbonyl (C=O) groups is 1. The summed E-state index contributed by atoms with van der Waals surface area (Å²) in [6.07, 6.45) is 1.52. The topological polar surface area (TPSA) is 66.1 Å². The van der Waals surface area contributed by atoms with Crippen LogP contribution in [0.2, 0.25) is 0 Å². The molecular formula is C18H15FN4O. The van der Waals surface area contributed by atoms with Gasteiger partial charge in [-0.05, 0) is 36.4 Å². The van der Waals surface area contributed by atoms with Gasteiger partial charge in [-0.3, -0.25) is 5.32 Å². The minimum atomic E-state index is -0.386. The number of halogens is 1. The largest absolute Gasteiger partial charge is 0.352 e. The van der Waals surface area contributed by atoms with E-state index in [-0.39, 0.29) is 11.8 Å². The summed E-state index contributed by atoms with van der Waals surface area (Å²) < 4.78 is 13.6. The van der Waals surface area contributed by atoms with Crippen LogP contribution in [0.1, 0.15) is 0 Å². The first-order valence-corrected chi connectivity index (χ1v) is 7.31. The second-order valence-electron chi connectivity index (χ2n) is 4.98. The normalized spacial score (nSPS) is 10.0. The molecule has 2 aromatic carbocycles. The zero-order chi connectivity index (χ0) is 16.8. The molecule has 0 atom stereocenters. The second kappa shape index (κ2) is 7.23. The third-order valence-electron chi connectivity index (χ3n) is 3.19. The van der Waals surface area contributed by atoms with Crippen molar-refractivity contribution in [3.05, 3.63) is 78.7 Å². The van der Waals surface area contributed by atoms with Crippen LogP contribution in [0.15, 0.2) is 72.9 Å². The van der Waals surface area contributed by atoms with Crippen molar-refractivity contribution in [3.8, 4) is 0 Å². The Morgan fingerprint density at radius 3 is 2.29 bits per heavy atom. The number of hydrogen-bond acceptors (Lipinski definition) is 3.